The highest BCUT2D eigenvalue weighted by molar-refractivity contribution is 5.90. The summed E-state index contributed by atoms with van der Waals surface area (Å²) in [5, 5.41) is 8.36. The van der Waals surface area contributed by atoms with Crippen molar-refractivity contribution in [2.75, 3.05) is 20.7 Å². The third-order valence-corrected chi connectivity index (χ3v) is 6.39. The molecule has 2 N–H and O–H groups in total. The van der Waals surface area contributed by atoms with Crippen LogP contribution in [-0.4, -0.2) is 61.0 Å². The van der Waals surface area contributed by atoms with Crippen LogP contribution in [0.1, 0.15) is 31.9 Å². The number of likely N-dealkylation sites (N-methyl/N-ethyl adjacent to an activating group) is 2. The SMILES string of the molecule is CN[C@H](Cc1ccc2ccccc2c1)C(=O)N(C)[C@H](Cc1ccccc1)C(=O)NC(C)(C)COC(C)=O. The minimum Gasteiger partial charge on any atom is -0.463 e. The first-order valence-electron chi connectivity index (χ1n) is 12.5. The van der Waals surface area contributed by atoms with Crippen molar-refractivity contribution < 1.29 is 19.1 Å². The van der Waals surface area contributed by atoms with E-state index in [0.717, 1.165) is 21.9 Å². The summed E-state index contributed by atoms with van der Waals surface area (Å²) in [4.78, 5) is 40.0. The Morgan fingerprint density at radius 1 is 0.892 bits per heavy atom. The van der Waals surface area contributed by atoms with Crippen molar-refractivity contribution in [1.82, 2.24) is 15.5 Å². The van der Waals surface area contributed by atoms with Crippen molar-refractivity contribution in [2.24, 2.45) is 0 Å². The van der Waals surface area contributed by atoms with Crippen LogP contribution in [0.2, 0.25) is 0 Å². The van der Waals surface area contributed by atoms with Gasteiger partial charge in [0.25, 0.3) is 0 Å². The highest BCUT2D eigenvalue weighted by atomic mass is 16.5. The van der Waals surface area contributed by atoms with E-state index >= 15 is 0 Å². The van der Waals surface area contributed by atoms with Crippen LogP contribution < -0.4 is 10.6 Å². The molecular weight excluding hydrogens is 466 g/mol. The minimum absolute atomic E-state index is 0.0326. The summed E-state index contributed by atoms with van der Waals surface area (Å²) in [6.45, 7) is 4.93. The van der Waals surface area contributed by atoms with Gasteiger partial charge in [0, 0.05) is 20.4 Å². The molecule has 0 radical (unpaired) electrons. The van der Waals surface area contributed by atoms with E-state index in [1.807, 2.05) is 48.5 Å². The molecule has 2 amide bonds. The fourth-order valence-corrected chi connectivity index (χ4v) is 4.29. The van der Waals surface area contributed by atoms with Crippen LogP contribution in [0.3, 0.4) is 0 Å². The Kier molecular flexibility index (Phi) is 9.42. The van der Waals surface area contributed by atoms with E-state index in [1.165, 1.54) is 11.8 Å². The maximum Gasteiger partial charge on any atom is 0.302 e. The van der Waals surface area contributed by atoms with E-state index in [0.29, 0.717) is 12.8 Å². The number of carbonyl (C=O) groups is 3. The van der Waals surface area contributed by atoms with Crippen LogP contribution in [0, 0.1) is 0 Å². The quantitative estimate of drug-likeness (QED) is 0.391. The Morgan fingerprint density at radius 2 is 1.54 bits per heavy atom. The monoisotopic (exact) mass is 503 g/mol. The van der Waals surface area contributed by atoms with Gasteiger partial charge in [-0.2, -0.15) is 0 Å². The molecule has 0 heterocycles. The Bertz CT molecular complexity index is 1230. The predicted octanol–water partition coefficient (Wildman–Crippen LogP) is 3.50. The van der Waals surface area contributed by atoms with Gasteiger partial charge in [-0.25, -0.2) is 0 Å². The van der Waals surface area contributed by atoms with Gasteiger partial charge in [-0.3, -0.25) is 14.4 Å². The lowest BCUT2D eigenvalue weighted by molar-refractivity contribution is -0.145. The predicted molar refractivity (Wildman–Crippen MR) is 146 cm³/mol. The standard InChI is InChI=1S/C30H37N3O4/c1-21(34)37-20-30(2,3)32-28(35)27(19-22-11-7-6-8-12-22)33(5)29(36)26(31-4)18-23-15-16-24-13-9-10-14-25(24)17-23/h6-17,26-27,31H,18-20H2,1-5H3,(H,32,35)/t26-,27-/m1/s1. The summed E-state index contributed by atoms with van der Waals surface area (Å²) in [7, 11) is 3.42. The fourth-order valence-electron chi connectivity index (χ4n) is 4.29. The lowest BCUT2D eigenvalue weighted by atomic mass is 9.98. The molecule has 0 saturated carbocycles. The van der Waals surface area contributed by atoms with Gasteiger partial charge in [0.1, 0.15) is 12.6 Å². The minimum atomic E-state index is -0.797. The maximum absolute atomic E-state index is 13.7. The number of amides is 2. The summed E-state index contributed by atoms with van der Waals surface area (Å²) in [6, 6.07) is 22.6. The molecule has 7 nitrogen and oxygen atoms in total. The second-order valence-corrected chi connectivity index (χ2v) is 10.0. The van der Waals surface area contributed by atoms with Crippen molar-refractivity contribution in [3.63, 3.8) is 0 Å². The summed E-state index contributed by atoms with van der Waals surface area (Å²) in [5.41, 5.74) is 1.18. The van der Waals surface area contributed by atoms with Gasteiger partial charge in [-0.1, -0.05) is 72.8 Å². The first-order chi connectivity index (χ1) is 17.6. The number of carbonyl (C=O) groups excluding carboxylic acids is 3. The molecule has 3 aromatic carbocycles. The second kappa shape index (κ2) is 12.5. The van der Waals surface area contributed by atoms with Crippen molar-refractivity contribution in [3.05, 3.63) is 83.9 Å². The van der Waals surface area contributed by atoms with E-state index in [1.54, 1.807) is 27.9 Å². The molecule has 0 aliphatic rings. The molecule has 0 spiro atoms. The molecule has 0 fully saturated rings. The normalized spacial score (nSPS) is 13.0. The number of rotatable bonds is 11. The molecule has 37 heavy (non-hydrogen) atoms. The van der Waals surface area contributed by atoms with Crippen LogP contribution >= 0.6 is 0 Å². The third kappa shape index (κ3) is 7.89. The molecule has 0 aliphatic heterocycles. The number of fused-ring (bicyclic) bond motifs is 1. The third-order valence-electron chi connectivity index (χ3n) is 6.39. The van der Waals surface area contributed by atoms with Gasteiger partial charge >= 0.3 is 5.97 Å². The van der Waals surface area contributed by atoms with Crippen LogP contribution in [0.5, 0.6) is 0 Å². The van der Waals surface area contributed by atoms with Gasteiger partial charge in [0.05, 0.1) is 11.6 Å². The lowest BCUT2D eigenvalue weighted by Crippen LogP contribution is -2.58. The summed E-state index contributed by atoms with van der Waals surface area (Å²) in [5.74, 6) is -0.900. The fraction of sp³-hybridized carbons (Fsp3) is 0.367. The van der Waals surface area contributed by atoms with Crippen LogP contribution in [0.4, 0.5) is 0 Å². The molecule has 0 unspecified atom stereocenters. The Balaban J connectivity index is 1.80. The first kappa shape index (κ1) is 27.9. The largest absolute Gasteiger partial charge is 0.463 e. The molecule has 2 atom stereocenters. The topological polar surface area (TPSA) is 87.7 Å². The molecule has 3 aromatic rings. The van der Waals surface area contributed by atoms with Gasteiger partial charge < -0.3 is 20.3 Å². The Labute approximate surface area is 219 Å². The molecule has 0 aromatic heterocycles. The summed E-state index contributed by atoms with van der Waals surface area (Å²) in [6.07, 6.45) is 0.840. The van der Waals surface area contributed by atoms with Gasteiger partial charge in [0.15, 0.2) is 0 Å². The molecule has 0 saturated heterocycles. The van der Waals surface area contributed by atoms with E-state index < -0.39 is 23.6 Å². The lowest BCUT2D eigenvalue weighted by Gasteiger charge is -2.34. The van der Waals surface area contributed by atoms with Gasteiger partial charge in [-0.15, -0.1) is 0 Å². The highest BCUT2D eigenvalue weighted by Gasteiger charge is 2.34. The van der Waals surface area contributed by atoms with Crippen LogP contribution in [0.25, 0.3) is 10.8 Å². The number of nitrogens with one attached hydrogen (secondary N) is 2. The molecule has 196 valence electrons. The highest BCUT2D eigenvalue weighted by Crippen LogP contribution is 2.18. The molecule has 0 aliphatic carbocycles. The smallest absolute Gasteiger partial charge is 0.302 e. The van der Waals surface area contributed by atoms with Gasteiger partial charge in [-0.05, 0) is 49.2 Å². The second-order valence-electron chi connectivity index (χ2n) is 10.0. The zero-order valence-electron chi connectivity index (χ0n) is 22.3. The average molecular weight is 504 g/mol. The molecule has 7 heteroatoms. The Morgan fingerprint density at radius 3 is 2.19 bits per heavy atom. The number of esters is 1. The molecule has 3 rings (SSSR count). The number of hydrogen-bond donors (Lipinski definition) is 2. The summed E-state index contributed by atoms with van der Waals surface area (Å²) >= 11 is 0. The number of ether oxygens (including phenoxy) is 1. The average Bonchev–Trinajstić information content (AvgIpc) is 2.88. The maximum atomic E-state index is 13.7. The van der Waals surface area contributed by atoms with E-state index in [9.17, 15) is 14.4 Å². The first-order valence-corrected chi connectivity index (χ1v) is 12.5. The van der Waals surface area contributed by atoms with E-state index in [2.05, 4.69) is 34.9 Å². The zero-order chi connectivity index (χ0) is 27.0. The van der Waals surface area contributed by atoms with E-state index in [4.69, 9.17) is 4.74 Å². The van der Waals surface area contributed by atoms with Crippen LogP contribution in [0.15, 0.2) is 72.8 Å². The van der Waals surface area contributed by atoms with Crippen molar-refractivity contribution >= 4 is 28.6 Å². The number of hydrogen-bond acceptors (Lipinski definition) is 5. The van der Waals surface area contributed by atoms with Crippen molar-refractivity contribution in [1.29, 1.82) is 0 Å². The van der Waals surface area contributed by atoms with Gasteiger partial charge in [0.2, 0.25) is 11.8 Å². The van der Waals surface area contributed by atoms with Crippen LogP contribution in [-0.2, 0) is 32.0 Å². The summed E-state index contributed by atoms with van der Waals surface area (Å²) < 4.78 is 5.12. The van der Waals surface area contributed by atoms with Crippen molar-refractivity contribution in [2.45, 2.75) is 51.2 Å². The van der Waals surface area contributed by atoms with Crippen molar-refractivity contribution in [3.8, 4) is 0 Å². The van der Waals surface area contributed by atoms with E-state index in [-0.39, 0.29) is 18.4 Å². The number of benzene rings is 3. The zero-order valence-corrected chi connectivity index (χ0v) is 22.3. The number of nitrogens with zero attached hydrogens (tertiary/aromatic N) is 1. The molecular formula is C30H37N3O4. The molecule has 0 bridgehead atoms. The Hall–Kier alpha value is -3.71.